The van der Waals surface area contributed by atoms with Crippen LogP contribution in [0.3, 0.4) is 0 Å². The van der Waals surface area contributed by atoms with E-state index in [1.165, 1.54) is 55.4 Å². The second kappa shape index (κ2) is 4.06. The van der Waals surface area contributed by atoms with Gasteiger partial charge in [-0.15, -0.1) is 0 Å². The van der Waals surface area contributed by atoms with Crippen molar-refractivity contribution < 1.29 is 0 Å². The van der Waals surface area contributed by atoms with Gasteiger partial charge in [0.25, 0.3) is 0 Å². The summed E-state index contributed by atoms with van der Waals surface area (Å²) in [5, 5.41) is 0. The van der Waals surface area contributed by atoms with Crippen LogP contribution in [-0.4, -0.2) is 13.1 Å². The lowest BCUT2D eigenvalue weighted by Gasteiger charge is -2.53. The minimum absolute atomic E-state index is 0.674. The van der Waals surface area contributed by atoms with E-state index in [0.29, 0.717) is 5.41 Å². The molecule has 0 bridgehead atoms. The molecule has 0 amide bonds. The molecule has 0 N–H and O–H groups in total. The van der Waals surface area contributed by atoms with Gasteiger partial charge in [0.15, 0.2) is 0 Å². The summed E-state index contributed by atoms with van der Waals surface area (Å²) in [6.45, 7) is 2.55. The van der Waals surface area contributed by atoms with Gasteiger partial charge in [-0.1, -0.05) is 31.4 Å². The SMILES string of the molecule is Brc1ccccc1N1CC2(CCCCC2)C1. The third-order valence-electron chi connectivity index (χ3n) is 4.16. The van der Waals surface area contributed by atoms with Gasteiger partial charge in [-0.2, -0.15) is 0 Å². The fourth-order valence-electron chi connectivity index (χ4n) is 3.26. The molecule has 1 aliphatic carbocycles. The van der Waals surface area contributed by atoms with Gasteiger partial charge in [-0.3, -0.25) is 0 Å². The topological polar surface area (TPSA) is 3.24 Å². The molecule has 1 saturated heterocycles. The van der Waals surface area contributed by atoms with E-state index in [9.17, 15) is 0 Å². The van der Waals surface area contributed by atoms with Crippen molar-refractivity contribution in [1.29, 1.82) is 0 Å². The Labute approximate surface area is 106 Å². The molecule has 1 spiro atoms. The van der Waals surface area contributed by atoms with Crippen molar-refractivity contribution in [1.82, 2.24) is 0 Å². The van der Waals surface area contributed by atoms with E-state index in [1.807, 2.05) is 0 Å². The monoisotopic (exact) mass is 279 g/mol. The molecular formula is C14H18BrN. The summed E-state index contributed by atoms with van der Waals surface area (Å²) in [6.07, 6.45) is 7.26. The van der Waals surface area contributed by atoms with Gasteiger partial charge < -0.3 is 4.90 Å². The number of para-hydroxylation sites is 1. The zero-order valence-corrected chi connectivity index (χ0v) is 11.2. The first-order valence-electron chi connectivity index (χ1n) is 6.29. The number of rotatable bonds is 1. The first-order valence-corrected chi connectivity index (χ1v) is 7.08. The van der Waals surface area contributed by atoms with E-state index < -0.39 is 0 Å². The molecule has 1 heterocycles. The molecular weight excluding hydrogens is 262 g/mol. The number of nitrogens with zero attached hydrogens (tertiary/aromatic N) is 1. The van der Waals surface area contributed by atoms with Crippen LogP contribution in [0.25, 0.3) is 0 Å². The summed E-state index contributed by atoms with van der Waals surface area (Å²) in [5.74, 6) is 0. The molecule has 2 heteroatoms. The molecule has 2 fully saturated rings. The van der Waals surface area contributed by atoms with Crippen LogP contribution in [0.4, 0.5) is 5.69 Å². The van der Waals surface area contributed by atoms with Crippen LogP contribution >= 0.6 is 15.9 Å². The number of hydrogen-bond acceptors (Lipinski definition) is 1. The highest BCUT2D eigenvalue weighted by atomic mass is 79.9. The number of anilines is 1. The normalized spacial score (nSPS) is 23.2. The first kappa shape index (κ1) is 10.6. The highest BCUT2D eigenvalue weighted by Gasteiger charge is 2.43. The van der Waals surface area contributed by atoms with Gasteiger partial charge in [0.05, 0.1) is 5.69 Å². The minimum atomic E-state index is 0.674. The molecule has 1 aromatic carbocycles. The van der Waals surface area contributed by atoms with Crippen molar-refractivity contribution in [2.24, 2.45) is 5.41 Å². The summed E-state index contributed by atoms with van der Waals surface area (Å²) in [7, 11) is 0. The Morgan fingerprint density at radius 3 is 2.38 bits per heavy atom. The third kappa shape index (κ3) is 1.77. The van der Waals surface area contributed by atoms with Crippen LogP contribution in [0.15, 0.2) is 28.7 Å². The second-order valence-electron chi connectivity index (χ2n) is 5.37. The summed E-state index contributed by atoms with van der Waals surface area (Å²) in [4.78, 5) is 2.52. The van der Waals surface area contributed by atoms with Gasteiger partial charge in [0.1, 0.15) is 0 Å². The largest absolute Gasteiger partial charge is 0.369 e. The molecule has 3 rings (SSSR count). The van der Waals surface area contributed by atoms with Crippen LogP contribution < -0.4 is 4.90 Å². The smallest absolute Gasteiger partial charge is 0.0511 e. The molecule has 16 heavy (non-hydrogen) atoms. The Bertz CT molecular complexity index is 374. The second-order valence-corrected chi connectivity index (χ2v) is 6.22. The van der Waals surface area contributed by atoms with Crippen LogP contribution in [0, 0.1) is 5.41 Å². The third-order valence-corrected chi connectivity index (χ3v) is 4.83. The average molecular weight is 280 g/mol. The van der Waals surface area contributed by atoms with Gasteiger partial charge in [-0.25, -0.2) is 0 Å². The Morgan fingerprint density at radius 1 is 1.00 bits per heavy atom. The molecule has 0 radical (unpaired) electrons. The van der Waals surface area contributed by atoms with E-state index >= 15 is 0 Å². The highest BCUT2D eigenvalue weighted by Crippen LogP contribution is 2.46. The predicted molar refractivity (Wildman–Crippen MR) is 71.9 cm³/mol. The molecule has 1 nitrogen and oxygen atoms in total. The fraction of sp³-hybridized carbons (Fsp3) is 0.571. The molecule has 1 saturated carbocycles. The van der Waals surface area contributed by atoms with Crippen molar-refractivity contribution in [3.05, 3.63) is 28.7 Å². The summed E-state index contributed by atoms with van der Waals surface area (Å²) in [5.41, 5.74) is 2.05. The summed E-state index contributed by atoms with van der Waals surface area (Å²) < 4.78 is 1.24. The number of hydrogen-bond donors (Lipinski definition) is 0. The van der Waals surface area contributed by atoms with Gasteiger partial charge in [0.2, 0.25) is 0 Å². The van der Waals surface area contributed by atoms with Crippen LogP contribution in [0.1, 0.15) is 32.1 Å². The van der Waals surface area contributed by atoms with Crippen LogP contribution in [0.2, 0.25) is 0 Å². The van der Waals surface area contributed by atoms with Crippen molar-refractivity contribution in [2.75, 3.05) is 18.0 Å². The minimum Gasteiger partial charge on any atom is -0.369 e. The summed E-state index contributed by atoms with van der Waals surface area (Å²) >= 11 is 3.64. The molecule has 86 valence electrons. The Balaban J connectivity index is 1.71. The molecule has 1 aliphatic heterocycles. The number of benzene rings is 1. The van der Waals surface area contributed by atoms with Crippen LogP contribution in [0.5, 0.6) is 0 Å². The Kier molecular flexibility index (Phi) is 2.70. The maximum atomic E-state index is 3.64. The summed E-state index contributed by atoms with van der Waals surface area (Å²) in [6, 6.07) is 8.58. The van der Waals surface area contributed by atoms with E-state index in [1.54, 1.807) is 0 Å². The van der Waals surface area contributed by atoms with E-state index in [0.717, 1.165) is 0 Å². The molecule has 0 atom stereocenters. The molecule has 0 aromatic heterocycles. The van der Waals surface area contributed by atoms with E-state index in [4.69, 9.17) is 0 Å². The highest BCUT2D eigenvalue weighted by molar-refractivity contribution is 9.10. The molecule has 2 aliphatic rings. The maximum absolute atomic E-state index is 3.64. The van der Waals surface area contributed by atoms with E-state index in [2.05, 4.69) is 45.1 Å². The van der Waals surface area contributed by atoms with E-state index in [-0.39, 0.29) is 0 Å². The standard InChI is InChI=1S/C14H18BrN/c15-12-6-2-3-7-13(12)16-10-14(11-16)8-4-1-5-9-14/h2-3,6-7H,1,4-5,8-11H2. The van der Waals surface area contributed by atoms with Crippen molar-refractivity contribution in [2.45, 2.75) is 32.1 Å². The lowest BCUT2D eigenvalue weighted by atomic mass is 9.68. The van der Waals surface area contributed by atoms with Gasteiger partial charge in [0, 0.05) is 23.0 Å². The van der Waals surface area contributed by atoms with Gasteiger partial charge in [-0.05, 0) is 40.9 Å². The van der Waals surface area contributed by atoms with Crippen molar-refractivity contribution in [3.63, 3.8) is 0 Å². The van der Waals surface area contributed by atoms with Crippen molar-refractivity contribution >= 4 is 21.6 Å². The number of halogens is 1. The lowest BCUT2D eigenvalue weighted by Crippen LogP contribution is -2.57. The lowest BCUT2D eigenvalue weighted by molar-refractivity contribution is 0.139. The molecule has 1 aromatic rings. The predicted octanol–water partition coefficient (Wildman–Crippen LogP) is 4.22. The van der Waals surface area contributed by atoms with Gasteiger partial charge >= 0.3 is 0 Å². The molecule has 0 unspecified atom stereocenters. The maximum Gasteiger partial charge on any atom is 0.0511 e. The zero-order chi connectivity index (χ0) is 11.0. The first-order chi connectivity index (χ1) is 7.79. The Hall–Kier alpha value is -0.500. The fourth-order valence-corrected chi connectivity index (χ4v) is 3.80. The zero-order valence-electron chi connectivity index (χ0n) is 9.58. The van der Waals surface area contributed by atoms with Crippen molar-refractivity contribution in [3.8, 4) is 0 Å². The average Bonchev–Trinajstić information content (AvgIpc) is 2.28. The Morgan fingerprint density at radius 2 is 1.69 bits per heavy atom. The quantitative estimate of drug-likeness (QED) is 0.744. The van der Waals surface area contributed by atoms with Crippen LogP contribution in [-0.2, 0) is 0 Å².